The van der Waals surface area contributed by atoms with Crippen LogP contribution in [0.15, 0.2) is 28.8 Å². The lowest BCUT2D eigenvalue weighted by molar-refractivity contribution is -0.124. The summed E-state index contributed by atoms with van der Waals surface area (Å²) in [5.74, 6) is 2.01. The second-order valence-corrected chi connectivity index (χ2v) is 7.40. The van der Waals surface area contributed by atoms with Gasteiger partial charge in [0.2, 0.25) is 11.7 Å². The van der Waals surface area contributed by atoms with Crippen molar-refractivity contribution in [2.45, 2.75) is 26.9 Å². The number of hydrogen-bond acceptors (Lipinski definition) is 7. The molecule has 1 fully saturated rings. The molecule has 0 bridgehead atoms. The molecule has 2 heterocycles. The Bertz CT molecular complexity index is 777. The second-order valence-electron chi connectivity index (χ2n) is 7.40. The van der Waals surface area contributed by atoms with Crippen molar-refractivity contribution in [2.24, 2.45) is 5.92 Å². The summed E-state index contributed by atoms with van der Waals surface area (Å²) in [6.45, 7) is 10.1. The average molecular weight is 388 g/mol. The minimum Gasteiger partial charge on any atom is -0.484 e. The van der Waals surface area contributed by atoms with Crippen LogP contribution in [-0.4, -0.2) is 66.4 Å². The van der Waals surface area contributed by atoms with Gasteiger partial charge in [-0.2, -0.15) is 4.98 Å². The molecule has 1 aliphatic rings. The highest BCUT2D eigenvalue weighted by atomic mass is 16.5. The molecular weight excluding hydrogens is 360 g/mol. The standard InChI is InChI=1S/C20H28N4O4/c1-14(2)11-24-7-8-26-18(12-24)10-21-19(25)13-27-17-6-4-5-16(9-17)20-22-15(3)28-23-20/h4-6,9,14,18H,7-8,10-13H2,1-3H3,(H,21,25). The number of rotatable bonds is 8. The Morgan fingerprint density at radius 3 is 3.04 bits per heavy atom. The first-order valence-electron chi connectivity index (χ1n) is 9.64. The summed E-state index contributed by atoms with van der Waals surface area (Å²) < 4.78 is 16.3. The molecule has 1 aromatic heterocycles. The molecule has 1 aliphatic heterocycles. The van der Waals surface area contributed by atoms with Gasteiger partial charge in [0.1, 0.15) is 5.75 Å². The number of morpholine rings is 1. The van der Waals surface area contributed by atoms with E-state index in [0.29, 0.717) is 36.5 Å². The molecule has 152 valence electrons. The van der Waals surface area contributed by atoms with Crippen molar-refractivity contribution >= 4 is 5.91 Å². The van der Waals surface area contributed by atoms with E-state index in [1.165, 1.54) is 0 Å². The van der Waals surface area contributed by atoms with Crippen molar-refractivity contribution in [3.8, 4) is 17.1 Å². The zero-order valence-corrected chi connectivity index (χ0v) is 16.7. The van der Waals surface area contributed by atoms with Crippen LogP contribution >= 0.6 is 0 Å². The number of nitrogens with one attached hydrogen (secondary N) is 1. The largest absolute Gasteiger partial charge is 0.484 e. The number of aryl methyl sites for hydroxylation is 1. The van der Waals surface area contributed by atoms with Crippen LogP contribution in [0.1, 0.15) is 19.7 Å². The summed E-state index contributed by atoms with van der Waals surface area (Å²) >= 11 is 0. The molecule has 1 atom stereocenters. The van der Waals surface area contributed by atoms with Crippen LogP contribution in [0.2, 0.25) is 0 Å². The fraction of sp³-hybridized carbons (Fsp3) is 0.550. The zero-order chi connectivity index (χ0) is 19.9. The highest BCUT2D eigenvalue weighted by Gasteiger charge is 2.21. The lowest BCUT2D eigenvalue weighted by atomic mass is 10.2. The zero-order valence-electron chi connectivity index (χ0n) is 16.7. The molecule has 0 radical (unpaired) electrons. The van der Waals surface area contributed by atoms with E-state index in [2.05, 4.69) is 34.2 Å². The molecule has 28 heavy (non-hydrogen) atoms. The minimum atomic E-state index is -0.176. The monoisotopic (exact) mass is 388 g/mol. The van der Waals surface area contributed by atoms with Crippen LogP contribution < -0.4 is 10.1 Å². The van der Waals surface area contributed by atoms with Crippen LogP contribution in [0.5, 0.6) is 5.75 Å². The number of amides is 1. The van der Waals surface area contributed by atoms with E-state index in [1.54, 1.807) is 19.1 Å². The Hall–Kier alpha value is -2.45. The van der Waals surface area contributed by atoms with E-state index < -0.39 is 0 Å². The quantitative estimate of drug-likeness (QED) is 0.739. The molecule has 8 nitrogen and oxygen atoms in total. The number of benzene rings is 1. The summed E-state index contributed by atoms with van der Waals surface area (Å²) in [6.07, 6.45) is 0.0151. The van der Waals surface area contributed by atoms with Gasteiger partial charge in [-0.25, -0.2) is 0 Å². The summed E-state index contributed by atoms with van der Waals surface area (Å²) in [5.41, 5.74) is 0.774. The maximum atomic E-state index is 12.1. The normalized spacial score (nSPS) is 17.6. The van der Waals surface area contributed by atoms with Gasteiger partial charge in [0, 0.05) is 38.7 Å². The fourth-order valence-corrected chi connectivity index (χ4v) is 3.16. The van der Waals surface area contributed by atoms with Crippen molar-refractivity contribution in [1.82, 2.24) is 20.4 Å². The predicted molar refractivity (Wildman–Crippen MR) is 104 cm³/mol. The van der Waals surface area contributed by atoms with Gasteiger partial charge in [-0.15, -0.1) is 0 Å². The lowest BCUT2D eigenvalue weighted by Gasteiger charge is -2.33. The minimum absolute atomic E-state index is 0.0151. The number of ether oxygens (including phenoxy) is 2. The fourth-order valence-electron chi connectivity index (χ4n) is 3.16. The van der Waals surface area contributed by atoms with Gasteiger partial charge in [0.25, 0.3) is 5.91 Å². The van der Waals surface area contributed by atoms with Crippen molar-refractivity contribution in [3.05, 3.63) is 30.2 Å². The first kappa shape index (κ1) is 20.3. The Labute approximate surface area is 165 Å². The van der Waals surface area contributed by atoms with Crippen molar-refractivity contribution in [1.29, 1.82) is 0 Å². The lowest BCUT2D eigenvalue weighted by Crippen LogP contribution is -2.48. The highest BCUT2D eigenvalue weighted by molar-refractivity contribution is 5.77. The Kier molecular flexibility index (Phi) is 7.00. The molecule has 1 amide bonds. The molecule has 8 heteroatoms. The van der Waals surface area contributed by atoms with Crippen molar-refractivity contribution in [2.75, 3.05) is 39.4 Å². The van der Waals surface area contributed by atoms with Gasteiger partial charge in [0.05, 0.1) is 12.7 Å². The summed E-state index contributed by atoms with van der Waals surface area (Å²) in [4.78, 5) is 18.7. The maximum Gasteiger partial charge on any atom is 0.258 e. The Morgan fingerprint density at radius 2 is 2.29 bits per heavy atom. The molecule has 0 saturated carbocycles. The number of aromatic nitrogens is 2. The highest BCUT2D eigenvalue weighted by Crippen LogP contribution is 2.21. The van der Waals surface area contributed by atoms with Gasteiger partial charge in [-0.05, 0) is 18.1 Å². The van der Waals surface area contributed by atoms with Crippen LogP contribution in [0.3, 0.4) is 0 Å². The SMILES string of the molecule is Cc1nc(-c2cccc(OCC(=O)NCC3CN(CC(C)C)CCO3)c2)no1. The molecule has 1 saturated heterocycles. The van der Waals surface area contributed by atoms with Crippen LogP contribution in [0.25, 0.3) is 11.4 Å². The molecule has 2 aromatic rings. The summed E-state index contributed by atoms with van der Waals surface area (Å²) in [6, 6.07) is 7.26. The van der Waals surface area contributed by atoms with Crippen LogP contribution in [0, 0.1) is 12.8 Å². The van der Waals surface area contributed by atoms with Gasteiger partial charge in [-0.1, -0.05) is 31.1 Å². The molecule has 1 unspecified atom stereocenters. The molecule has 0 aliphatic carbocycles. The van der Waals surface area contributed by atoms with Crippen LogP contribution in [-0.2, 0) is 9.53 Å². The first-order chi connectivity index (χ1) is 13.5. The van der Waals surface area contributed by atoms with Crippen LogP contribution in [0.4, 0.5) is 0 Å². The second kappa shape index (κ2) is 9.66. The van der Waals surface area contributed by atoms with E-state index in [4.69, 9.17) is 14.0 Å². The number of nitrogens with zero attached hydrogens (tertiary/aromatic N) is 3. The molecule has 1 N–H and O–H groups in total. The van der Waals surface area contributed by atoms with E-state index in [1.807, 2.05) is 12.1 Å². The molecule has 3 rings (SSSR count). The third-order valence-corrected chi connectivity index (χ3v) is 4.36. The third-order valence-electron chi connectivity index (χ3n) is 4.36. The van der Waals surface area contributed by atoms with E-state index in [-0.39, 0.29) is 18.6 Å². The predicted octanol–water partition coefficient (Wildman–Crippen LogP) is 1.90. The topological polar surface area (TPSA) is 89.7 Å². The first-order valence-corrected chi connectivity index (χ1v) is 9.64. The van der Waals surface area contributed by atoms with Gasteiger partial charge >= 0.3 is 0 Å². The molecular formula is C20H28N4O4. The molecule has 1 aromatic carbocycles. The maximum absolute atomic E-state index is 12.1. The van der Waals surface area contributed by atoms with Crippen molar-refractivity contribution in [3.63, 3.8) is 0 Å². The van der Waals surface area contributed by atoms with E-state index >= 15 is 0 Å². The van der Waals surface area contributed by atoms with Gasteiger partial charge < -0.3 is 19.3 Å². The van der Waals surface area contributed by atoms with Gasteiger partial charge in [-0.3, -0.25) is 9.69 Å². The Morgan fingerprint density at radius 1 is 1.43 bits per heavy atom. The van der Waals surface area contributed by atoms with E-state index in [9.17, 15) is 4.79 Å². The summed E-state index contributed by atoms with van der Waals surface area (Å²) in [5, 5.41) is 6.78. The number of carbonyl (C=O) groups is 1. The van der Waals surface area contributed by atoms with E-state index in [0.717, 1.165) is 25.2 Å². The smallest absolute Gasteiger partial charge is 0.258 e. The van der Waals surface area contributed by atoms with Crippen molar-refractivity contribution < 1.29 is 18.8 Å². The van der Waals surface area contributed by atoms with Gasteiger partial charge in [0.15, 0.2) is 6.61 Å². The third kappa shape index (κ3) is 6.03. The average Bonchev–Trinajstić information content (AvgIpc) is 3.11. The molecule has 0 spiro atoms. The Balaban J connectivity index is 1.43. The number of hydrogen-bond donors (Lipinski definition) is 1. The summed E-state index contributed by atoms with van der Waals surface area (Å²) in [7, 11) is 0. The number of carbonyl (C=O) groups excluding carboxylic acids is 1.